The molecule has 0 aliphatic heterocycles. The van der Waals surface area contributed by atoms with Crippen LogP contribution in [-0.2, 0) is 4.79 Å². The number of carbonyl (C=O) groups excluding carboxylic acids is 1. The summed E-state index contributed by atoms with van der Waals surface area (Å²) >= 11 is 0. The Balaban J connectivity index is 2.82. The lowest BCUT2D eigenvalue weighted by Gasteiger charge is -2.22. The van der Waals surface area contributed by atoms with Gasteiger partial charge in [0.1, 0.15) is 5.82 Å². The van der Waals surface area contributed by atoms with E-state index in [0.717, 1.165) is 5.56 Å². The topological polar surface area (TPSA) is 32.3 Å². The first-order chi connectivity index (χ1) is 7.49. The molecular formula is C12H17FN2O. The molecule has 0 aromatic heterocycles. The van der Waals surface area contributed by atoms with Crippen molar-refractivity contribution in [1.29, 1.82) is 0 Å². The van der Waals surface area contributed by atoms with E-state index in [1.165, 1.54) is 19.1 Å². The van der Waals surface area contributed by atoms with Crippen LogP contribution in [0.15, 0.2) is 24.3 Å². The molecule has 0 saturated heterocycles. The second-order valence-corrected chi connectivity index (χ2v) is 4.07. The Bertz CT molecular complexity index is 349. The Morgan fingerprint density at radius 3 is 2.38 bits per heavy atom. The zero-order valence-electron chi connectivity index (χ0n) is 9.83. The van der Waals surface area contributed by atoms with Gasteiger partial charge in [-0.25, -0.2) is 4.39 Å². The van der Waals surface area contributed by atoms with Crippen LogP contribution >= 0.6 is 0 Å². The molecule has 1 aromatic carbocycles. The molecule has 1 rings (SSSR count). The smallest absolute Gasteiger partial charge is 0.217 e. The number of benzene rings is 1. The molecule has 0 aliphatic carbocycles. The molecule has 1 N–H and O–H groups in total. The standard InChI is InChI=1S/C12H17FN2O/c1-9(16)14-12(8-15(2)3)10-4-6-11(13)7-5-10/h4-7,12H,8H2,1-3H3,(H,14,16). The second-order valence-electron chi connectivity index (χ2n) is 4.07. The molecule has 1 unspecified atom stereocenters. The third kappa shape index (κ3) is 3.98. The molecule has 1 aromatic rings. The molecule has 0 fully saturated rings. The van der Waals surface area contributed by atoms with Gasteiger partial charge in [-0.05, 0) is 31.8 Å². The first-order valence-corrected chi connectivity index (χ1v) is 5.16. The van der Waals surface area contributed by atoms with Gasteiger partial charge in [-0.15, -0.1) is 0 Å². The molecule has 4 heteroatoms. The molecule has 0 radical (unpaired) electrons. The third-order valence-corrected chi connectivity index (χ3v) is 2.20. The van der Waals surface area contributed by atoms with Crippen LogP contribution in [0.5, 0.6) is 0 Å². The minimum Gasteiger partial charge on any atom is -0.348 e. The van der Waals surface area contributed by atoms with Crippen LogP contribution in [0.25, 0.3) is 0 Å². The predicted octanol–water partition coefficient (Wildman–Crippen LogP) is 1.56. The van der Waals surface area contributed by atoms with E-state index in [0.29, 0.717) is 6.54 Å². The second kappa shape index (κ2) is 5.61. The number of halogens is 1. The Morgan fingerprint density at radius 2 is 1.94 bits per heavy atom. The highest BCUT2D eigenvalue weighted by molar-refractivity contribution is 5.73. The Kier molecular flexibility index (Phi) is 4.43. The normalized spacial score (nSPS) is 12.6. The van der Waals surface area contributed by atoms with Crippen molar-refractivity contribution in [3.05, 3.63) is 35.6 Å². The number of likely N-dealkylation sites (N-methyl/N-ethyl adjacent to an activating group) is 1. The Labute approximate surface area is 95.3 Å². The summed E-state index contributed by atoms with van der Waals surface area (Å²) in [4.78, 5) is 13.0. The summed E-state index contributed by atoms with van der Waals surface area (Å²) in [6.45, 7) is 2.16. The number of amides is 1. The zero-order chi connectivity index (χ0) is 12.1. The average molecular weight is 224 g/mol. The van der Waals surface area contributed by atoms with Crippen LogP contribution < -0.4 is 5.32 Å². The highest BCUT2D eigenvalue weighted by atomic mass is 19.1. The van der Waals surface area contributed by atoms with E-state index in [-0.39, 0.29) is 17.8 Å². The number of nitrogens with one attached hydrogen (secondary N) is 1. The first-order valence-electron chi connectivity index (χ1n) is 5.16. The van der Waals surface area contributed by atoms with Gasteiger partial charge in [-0.1, -0.05) is 12.1 Å². The molecule has 0 spiro atoms. The van der Waals surface area contributed by atoms with Crippen molar-refractivity contribution in [2.24, 2.45) is 0 Å². The molecule has 1 amide bonds. The molecule has 0 heterocycles. The number of carbonyl (C=O) groups is 1. The van der Waals surface area contributed by atoms with Gasteiger partial charge in [0.05, 0.1) is 6.04 Å². The molecule has 3 nitrogen and oxygen atoms in total. The Hall–Kier alpha value is -1.42. The van der Waals surface area contributed by atoms with E-state index in [1.54, 1.807) is 12.1 Å². The molecular weight excluding hydrogens is 207 g/mol. The SMILES string of the molecule is CC(=O)NC(CN(C)C)c1ccc(F)cc1. The highest BCUT2D eigenvalue weighted by Crippen LogP contribution is 2.14. The van der Waals surface area contributed by atoms with Crippen molar-refractivity contribution in [2.75, 3.05) is 20.6 Å². The fraction of sp³-hybridized carbons (Fsp3) is 0.417. The van der Waals surface area contributed by atoms with E-state index >= 15 is 0 Å². The van der Waals surface area contributed by atoms with Crippen molar-refractivity contribution in [1.82, 2.24) is 10.2 Å². The molecule has 88 valence electrons. The van der Waals surface area contributed by atoms with Crippen LogP contribution in [0, 0.1) is 5.82 Å². The molecule has 16 heavy (non-hydrogen) atoms. The minimum atomic E-state index is -0.268. The van der Waals surface area contributed by atoms with E-state index in [1.807, 2.05) is 19.0 Å². The monoisotopic (exact) mass is 224 g/mol. The van der Waals surface area contributed by atoms with Crippen molar-refractivity contribution in [3.8, 4) is 0 Å². The van der Waals surface area contributed by atoms with Gasteiger partial charge in [0.15, 0.2) is 0 Å². The van der Waals surface area contributed by atoms with Crippen LogP contribution in [0.1, 0.15) is 18.5 Å². The maximum atomic E-state index is 12.8. The fourth-order valence-electron chi connectivity index (χ4n) is 1.54. The van der Waals surface area contributed by atoms with E-state index in [4.69, 9.17) is 0 Å². The van der Waals surface area contributed by atoms with Gasteiger partial charge in [0.25, 0.3) is 0 Å². The van der Waals surface area contributed by atoms with Crippen molar-refractivity contribution < 1.29 is 9.18 Å². The van der Waals surface area contributed by atoms with Gasteiger partial charge in [0, 0.05) is 13.5 Å². The first kappa shape index (κ1) is 12.6. The largest absolute Gasteiger partial charge is 0.348 e. The number of nitrogens with zero attached hydrogens (tertiary/aromatic N) is 1. The minimum absolute atomic E-state index is 0.0869. The summed E-state index contributed by atoms with van der Waals surface area (Å²) in [7, 11) is 3.86. The van der Waals surface area contributed by atoms with Crippen molar-refractivity contribution in [2.45, 2.75) is 13.0 Å². The number of rotatable bonds is 4. The molecule has 0 aliphatic rings. The maximum absolute atomic E-state index is 12.8. The van der Waals surface area contributed by atoms with Gasteiger partial charge in [-0.2, -0.15) is 0 Å². The molecule has 0 saturated carbocycles. The lowest BCUT2D eigenvalue weighted by molar-refractivity contribution is -0.119. The van der Waals surface area contributed by atoms with Gasteiger partial charge >= 0.3 is 0 Å². The zero-order valence-corrected chi connectivity index (χ0v) is 9.83. The summed E-state index contributed by atoms with van der Waals surface area (Å²) < 4.78 is 12.8. The molecule has 0 bridgehead atoms. The summed E-state index contributed by atoms with van der Waals surface area (Å²) in [5.41, 5.74) is 0.908. The summed E-state index contributed by atoms with van der Waals surface area (Å²) in [5.74, 6) is -0.355. The lowest BCUT2D eigenvalue weighted by Crippen LogP contribution is -2.33. The van der Waals surface area contributed by atoms with Crippen LogP contribution in [0.2, 0.25) is 0 Å². The summed E-state index contributed by atoms with van der Waals surface area (Å²) in [6, 6.07) is 6.09. The van der Waals surface area contributed by atoms with E-state index in [2.05, 4.69) is 5.32 Å². The highest BCUT2D eigenvalue weighted by Gasteiger charge is 2.13. The fourth-order valence-corrected chi connectivity index (χ4v) is 1.54. The summed E-state index contributed by atoms with van der Waals surface area (Å²) in [6.07, 6.45) is 0. The van der Waals surface area contributed by atoms with E-state index in [9.17, 15) is 9.18 Å². The number of hydrogen-bond acceptors (Lipinski definition) is 2. The van der Waals surface area contributed by atoms with Crippen LogP contribution in [0.3, 0.4) is 0 Å². The van der Waals surface area contributed by atoms with Gasteiger partial charge in [0.2, 0.25) is 5.91 Å². The maximum Gasteiger partial charge on any atom is 0.217 e. The van der Waals surface area contributed by atoms with Crippen molar-refractivity contribution >= 4 is 5.91 Å². The average Bonchev–Trinajstić information content (AvgIpc) is 2.16. The van der Waals surface area contributed by atoms with Crippen molar-refractivity contribution in [3.63, 3.8) is 0 Å². The quantitative estimate of drug-likeness (QED) is 0.842. The lowest BCUT2D eigenvalue weighted by atomic mass is 10.1. The Morgan fingerprint density at radius 1 is 1.38 bits per heavy atom. The predicted molar refractivity (Wildman–Crippen MR) is 61.5 cm³/mol. The van der Waals surface area contributed by atoms with Crippen LogP contribution in [0.4, 0.5) is 4.39 Å². The third-order valence-electron chi connectivity index (χ3n) is 2.20. The van der Waals surface area contributed by atoms with Gasteiger partial charge in [-0.3, -0.25) is 4.79 Å². The van der Waals surface area contributed by atoms with E-state index < -0.39 is 0 Å². The molecule has 1 atom stereocenters. The van der Waals surface area contributed by atoms with Crippen LogP contribution in [-0.4, -0.2) is 31.4 Å². The summed E-state index contributed by atoms with van der Waals surface area (Å²) in [5, 5.41) is 2.84. The van der Waals surface area contributed by atoms with Gasteiger partial charge < -0.3 is 10.2 Å². The number of hydrogen-bond donors (Lipinski definition) is 1.